The van der Waals surface area contributed by atoms with Gasteiger partial charge < -0.3 is 0 Å². The van der Waals surface area contributed by atoms with E-state index in [1.807, 2.05) is 0 Å². The summed E-state index contributed by atoms with van der Waals surface area (Å²) >= 11 is 0. The third kappa shape index (κ3) is 55.5. The van der Waals surface area contributed by atoms with Crippen molar-refractivity contribution in [2.75, 3.05) is 0 Å². The summed E-state index contributed by atoms with van der Waals surface area (Å²) in [7, 11) is 0. The molecular formula is Mg9Nd. The van der Waals surface area contributed by atoms with Crippen LogP contribution in [-0.4, -0.2) is 207 Å². The Kier molecular flexibility index (Phi) is 534. The Labute approximate surface area is 241 Å². The van der Waals surface area contributed by atoms with Gasteiger partial charge >= 0.3 is 0 Å². The predicted octanol–water partition coefficient (Wildman–Crippen LogP) is -3.43. The molecule has 10 heavy (non-hydrogen) atoms. The molecule has 18 radical (unpaired) electrons. The number of rotatable bonds is 0. The van der Waals surface area contributed by atoms with Crippen molar-refractivity contribution in [3.63, 3.8) is 0 Å². The predicted molar refractivity (Wildman–Crippen MR) is 51.8 cm³/mol. The van der Waals surface area contributed by atoms with Crippen LogP contribution >= 0.6 is 0 Å². The van der Waals surface area contributed by atoms with Crippen LogP contribution < -0.4 is 0 Å². The number of hydrogen-bond donors (Lipinski definition) is 0. The summed E-state index contributed by atoms with van der Waals surface area (Å²) in [6.45, 7) is 0. The van der Waals surface area contributed by atoms with E-state index in [4.69, 9.17) is 0 Å². The molecule has 0 atom stereocenters. The van der Waals surface area contributed by atoms with Crippen molar-refractivity contribution in [1.82, 2.24) is 0 Å². The van der Waals surface area contributed by atoms with E-state index in [9.17, 15) is 0 Å². The largest absolute Gasteiger partial charge is 0 e. The second-order valence-corrected chi connectivity index (χ2v) is 0. The molecule has 0 unspecified atom stereocenters. The fourth-order valence-corrected chi connectivity index (χ4v) is 0. The van der Waals surface area contributed by atoms with Crippen LogP contribution in [0.5, 0.6) is 0 Å². The topological polar surface area (TPSA) is 0 Å². The summed E-state index contributed by atoms with van der Waals surface area (Å²) in [5.41, 5.74) is 0. The van der Waals surface area contributed by atoms with Crippen molar-refractivity contribution in [2.24, 2.45) is 0 Å². The first-order valence-corrected chi connectivity index (χ1v) is 0. The molecule has 0 nitrogen and oxygen atoms in total. The molecule has 0 aliphatic carbocycles. The van der Waals surface area contributed by atoms with Gasteiger partial charge in [-0.2, -0.15) is 0 Å². The van der Waals surface area contributed by atoms with E-state index in [1.54, 1.807) is 0 Å². The van der Waals surface area contributed by atoms with Gasteiger partial charge in [0.15, 0.2) is 0 Å². The first-order chi connectivity index (χ1) is 0. The van der Waals surface area contributed by atoms with Gasteiger partial charge in [-0.1, -0.05) is 0 Å². The molecule has 0 spiro atoms. The zero-order chi connectivity index (χ0) is 0. The zero-order valence-corrected chi connectivity index (χ0v) is 22.8. The van der Waals surface area contributed by atoms with Crippen LogP contribution in [0, 0.1) is 40.8 Å². The van der Waals surface area contributed by atoms with Gasteiger partial charge in [0, 0.05) is 248 Å². The van der Waals surface area contributed by atoms with Gasteiger partial charge in [-0.15, -0.1) is 0 Å². The second-order valence-electron chi connectivity index (χ2n) is 0. The average Bonchev–Trinajstić information content (AvgIpc) is 0. The molecule has 0 saturated carbocycles. The summed E-state index contributed by atoms with van der Waals surface area (Å²) in [4.78, 5) is 0. The normalized spacial score (nSPS) is 0. The smallest absolute Gasteiger partial charge is 0 e. The first-order valence-electron chi connectivity index (χ1n) is 0. The molecule has 0 saturated heterocycles. The molecule has 0 amide bonds. The minimum absolute atomic E-state index is 0. The monoisotopic (exact) mass is 358 g/mol. The Morgan fingerprint density at radius 1 is 0.200 bits per heavy atom. The Balaban J connectivity index is 0. The maximum atomic E-state index is 0. The SMILES string of the molecule is [Mg].[Mg].[Mg].[Mg].[Mg].[Mg].[Mg].[Mg].[Mg].[Nd]. The van der Waals surface area contributed by atoms with Crippen LogP contribution in [0.2, 0.25) is 0 Å². The van der Waals surface area contributed by atoms with Crippen LogP contribution in [0.15, 0.2) is 0 Å². The van der Waals surface area contributed by atoms with Crippen LogP contribution in [0.4, 0.5) is 0 Å². The zero-order valence-electron chi connectivity index (χ0n) is 6.86. The van der Waals surface area contributed by atoms with Crippen molar-refractivity contribution in [3.8, 4) is 0 Å². The summed E-state index contributed by atoms with van der Waals surface area (Å²) in [5, 5.41) is 0. The average molecular weight is 363 g/mol. The summed E-state index contributed by atoms with van der Waals surface area (Å²) < 4.78 is 0. The Morgan fingerprint density at radius 2 is 0.200 bits per heavy atom. The molecule has 0 aromatic heterocycles. The molecule has 0 rings (SSSR count). The third-order valence-electron chi connectivity index (χ3n) is 0. The van der Waals surface area contributed by atoms with Gasteiger partial charge in [-0.3, -0.25) is 0 Å². The van der Waals surface area contributed by atoms with E-state index in [0.29, 0.717) is 0 Å². The third-order valence-corrected chi connectivity index (χ3v) is 0. The minimum Gasteiger partial charge on any atom is 0 e. The van der Waals surface area contributed by atoms with Gasteiger partial charge in [-0.25, -0.2) is 0 Å². The van der Waals surface area contributed by atoms with Crippen LogP contribution in [0.1, 0.15) is 0 Å². The molecule has 0 aliphatic rings. The van der Waals surface area contributed by atoms with Crippen molar-refractivity contribution in [2.45, 2.75) is 0 Å². The van der Waals surface area contributed by atoms with Crippen LogP contribution in [0.25, 0.3) is 0 Å². The van der Waals surface area contributed by atoms with E-state index in [2.05, 4.69) is 0 Å². The van der Waals surface area contributed by atoms with E-state index in [0.717, 1.165) is 0 Å². The standard InChI is InChI=1S/9Mg.Nd. The van der Waals surface area contributed by atoms with Gasteiger partial charge in [0.25, 0.3) is 0 Å². The molecule has 0 aromatic rings. The number of hydrogen-bond acceptors (Lipinski definition) is 0. The van der Waals surface area contributed by atoms with Crippen molar-refractivity contribution in [1.29, 1.82) is 0 Å². The molecular weight excluding hydrogens is 363 g/mol. The summed E-state index contributed by atoms with van der Waals surface area (Å²) in [6.07, 6.45) is 0. The van der Waals surface area contributed by atoms with Crippen molar-refractivity contribution >= 4 is 207 Å². The van der Waals surface area contributed by atoms with E-state index < -0.39 is 0 Å². The Bertz CT molecular complexity index is 4.69. The van der Waals surface area contributed by atoms with Crippen LogP contribution in [-0.2, 0) is 0 Å². The molecule has 0 bridgehead atoms. The maximum absolute atomic E-state index is 0. The van der Waals surface area contributed by atoms with Gasteiger partial charge in [0.1, 0.15) is 0 Å². The van der Waals surface area contributed by atoms with Crippen LogP contribution in [0.3, 0.4) is 0 Å². The second kappa shape index (κ2) is 66.9. The van der Waals surface area contributed by atoms with Crippen molar-refractivity contribution < 1.29 is 40.8 Å². The molecule has 0 aliphatic heterocycles. The molecule has 22 valence electrons. The molecule has 10 heteroatoms. The fourth-order valence-electron chi connectivity index (χ4n) is 0. The van der Waals surface area contributed by atoms with Crippen molar-refractivity contribution in [3.05, 3.63) is 0 Å². The molecule has 0 N–H and O–H groups in total. The summed E-state index contributed by atoms with van der Waals surface area (Å²) in [5.74, 6) is 0. The van der Waals surface area contributed by atoms with E-state index in [1.165, 1.54) is 0 Å². The van der Waals surface area contributed by atoms with Gasteiger partial charge in [-0.05, 0) is 0 Å². The minimum atomic E-state index is 0. The van der Waals surface area contributed by atoms with Gasteiger partial charge in [0.05, 0.1) is 0 Å². The Morgan fingerprint density at radius 3 is 0.200 bits per heavy atom. The first kappa shape index (κ1) is 79.8. The van der Waals surface area contributed by atoms with E-state index >= 15 is 0 Å². The summed E-state index contributed by atoms with van der Waals surface area (Å²) in [6, 6.07) is 0. The van der Waals surface area contributed by atoms with E-state index in [-0.39, 0.29) is 248 Å². The quantitative estimate of drug-likeness (QED) is 0.394. The molecule has 0 fully saturated rings. The molecule has 0 heterocycles. The van der Waals surface area contributed by atoms with Gasteiger partial charge in [0.2, 0.25) is 0 Å². The fraction of sp³-hybridized carbons (Fsp3) is 0. The maximum Gasteiger partial charge on any atom is 0 e. The molecule has 0 aromatic carbocycles. The Hall–Kier alpha value is 8.25.